The minimum Gasteiger partial charge on any atom is -0.477 e. The number of hydrogen-bond donors (Lipinski definition) is 1. The Kier molecular flexibility index (Phi) is 3.94. The molecule has 1 N–H and O–H groups in total. The Morgan fingerprint density at radius 1 is 1.00 bits per heavy atom. The molecule has 3 nitrogen and oxygen atoms in total. The van der Waals surface area contributed by atoms with Gasteiger partial charge in [-0.2, -0.15) is 0 Å². The highest BCUT2D eigenvalue weighted by molar-refractivity contribution is 7.20. The Balaban J connectivity index is 2.98. The summed E-state index contributed by atoms with van der Waals surface area (Å²) in [4.78, 5) is 23.8. The molecule has 1 aromatic heterocycles. The molecule has 0 aliphatic heterocycles. The molecule has 0 aliphatic rings. The summed E-state index contributed by atoms with van der Waals surface area (Å²) < 4.78 is 0.783. The van der Waals surface area contributed by atoms with Gasteiger partial charge in [0.25, 0.3) is 0 Å². The highest BCUT2D eigenvalue weighted by atomic mass is 32.1. The summed E-state index contributed by atoms with van der Waals surface area (Å²) in [6.07, 6.45) is 0. The third-order valence-corrected chi connectivity index (χ3v) is 4.87. The second kappa shape index (κ2) is 5.20. The largest absolute Gasteiger partial charge is 0.477 e. The number of carbonyl (C=O) groups is 1. The van der Waals surface area contributed by atoms with Gasteiger partial charge in [-0.15, -0.1) is 11.3 Å². The fourth-order valence-electron chi connectivity index (χ4n) is 2.35. The molecule has 0 spiro atoms. The van der Waals surface area contributed by atoms with Crippen LogP contribution in [0.5, 0.6) is 0 Å². The predicted octanol–water partition coefficient (Wildman–Crippen LogP) is 4.55. The Labute approximate surface area is 134 Å². The zero-order valence-electron chi connectivity index (χ0n) is 13.9. The van der Waals surface area contributed by atoms with E-state index >= 15 is 0 Å². The van der Waals surface area contributed by atoms with Crippen molar-refractivity contribution < 1.29 is 9.90 Å². The second-order valence-corrected chi connectivity index (χ2v) is 8.73. The van der Waals surface area contributed by atoms with E-state index in [0.29, 0.717) is 5.39 Å². The average Bonchev–Trinajstić information content (AvgIpc) is 2.35. The topological polar surface area (TPSA) is 54.4 Å². The number of fused-ring (bicyclic) bond motifs is 1. The maximum atomic E-state index is 12.4. The first kappa shape index (κ1) is 16.7. The quantitative estimate of drug-likeness (QED) is 0.839. The van der Waals surface area contributed by atoms with E-state index < -0.39 is 5.97 Å². The molecule has 0 saturated carbocycles. The van der Waals surface area contributed by atoms with Gasteiger partial charge in [-0.3, -0.25) is 4.79 Å². The Bertz CT molecular complexity index is 802. The Morgan fingerprint density at radius 3 is 2.05 bits per heavy atom. The lowest BCUT2D eigenvalue weighted by molar-refractivity contribution is 0.0702. The normalized spacial score (nSPS) is 12.6. The molecule has 1 aromatic carbocycles. The Morgan fingerprint density at radius 2 is 1.59 bits per heavy atom. The monoisotopic (exact) mass is 318 g/mol. The fourth-order valence-corrected chi connectivity index (χ4v) is 3.57. The van der Waals surface area contributed by atoms with Crippen LogP contribution in [0.1, 0.15) is 62.3 Å². The van der Waals surface area contributed by atoms with Crippen LogP contribution in [-0.4, -0.2) is 11.1 Å². The molecule has 0 fully saturated rings. The number of hydrogen-bond acceptors (Lipinski definition) is 3. The highest BCUT2D eigenvalue weighted by Gasteiger charge is 2.24. The zero-order chi connectivity index (χ0) is 16.9. The molecule has 2 rings (SSSR count). The molecule has 0 atom stereocenters. The van der Waals surface area contributed by atoms with Crippen LogP contribution in [0.3, 0.4) is 0 Å². The van der Waals surface area contributed by atoms with Gasteiger partial charge in [0.1, 0.15) is 4.88 Å². The van der Waals surface area contributed by atoms with Crippen molar-refractivity contribution in [2.24, 2.45) is 0 Å². The molecule has 0 bridgehead atoms. The van der Waals surface area contributed by atoms with E-state index in [-0.39, 0.29) is 21.1 Å². The summed E-state index contributed by atoms with van der Waals surface area (Å²) in [6.45, 7) is 12.6. The van der Waals surface area contributed by atoms with Gasteiger partial charge in [-0.1, -0.05) is 47.6 Å². The summed E-state index contributed by atoms with van der Waals surface area (Å²) in [6, 6.07) is 5.26. The van der Waals surface area contributed by atoms with Crippen LogP contribution in [0.25, 0.3) is 10.1 Å². The van der Waals surface area contributed by atoms with Crippen molar-refractivity contribution >= 4 is 27.4 Å². The van der Waals surface area contributed by atoms with Crippen LogP contribution in [0.2, 0.25) is 0 Å². The number of carboxylic acids is 1. The lowest BCUT2D eigenvalue weighted by Gasteiger charge is -2.26. The number of carboxylic acid groups (broad SMARTS) is 1. The van der Waals surface area contributed by atoms with Crippen LogP contribution >= 0.6 is 11.3 Å². The molecule has 118 valence electrons. The predicted molar refractivity (Wildman–Crippen MR) is 92.5 cm³/mol. The molecular weight excluding hydrogens is 296 g/mol. The molecule has 4 heteroatoms. The van der Waals surface area contributed by atoms with E-state index in [0.717, 1.165) is 15.8 Å². The minimum absolute atomic E-state index is 0.0727. The summed E-state index contributed by atoms with van der Waals surface area (Å²) >= 11 is 1.18. The van der Waals surface area contributed by atoms with E-state index in [1.54, 1.807) is 0 Å². The fraction of sp³-hybridized carbons (Fsp3) is 0.444. The van der Waals surface area contributed by atoms with Crippen LogP contribution in [0, 0.1) is 0 Å². The third kappa shape index (κ3) is 3.07. The number of benzene rings is 1. The van der Waals surface area contributed by atoms with E-state index in [9.17, 15) is 14.7 Å². The molecular formula is C18H22O3S. The highest BCUT2D eigenvalue weighted by Crippen LogP contribution is 2.36. The number of aromatic carboxylic acids is 1. The van der Waals surface area contributed by atoms with Crippen molar-refractivity contribution in [2.75, 3.05) is 0 Å². The smallest absolute Gasteiger partial charge is 0.346 e. The van der Waals surface area contributed by atoms with Crippen LogP contribution in [0.4, 0.5) is 0 Å². The van der Waals surface area contributed by atoms with Crippen molar-refractivity contribution in [3.8, 4) is 0 Å². The molecule has 0 unspecified atom stereocenters. The molecule has 2 aromatic rings. The van der Waals surface area contributed by atoms with Gasteiger partial charge >= 0.3 is 5.97 Å². The van der Waals surface area contributed by atoms with Crippen molar-refractivity contribution in [2.45, 2.75) is 52.4 Å². The average molecular weight is 318 g/mol. The van der Waals surface area contributed by atoms with Gasteiger partial charge in [0.05, 0.1) is 0 Å². The van der Waals surface area contributed by atoms with Gasteiger partial charge in [-0.05, 0) is 28.0 Å². The lowest BCUT2D eigenvalue weighted by atomic mass is 9.80. The van der Waals surface area contributed by atoms with Gasteiger partial charge in [0.15, 0.2) is 5.43 Å². The maximum Gasteiger partial charge on any atom is 0.346 e. The van der Waals surface area contributed by atoms with Crippen molar-refractivity contribution in [3.05, 3.63) is 44.4 Å². The first-order valence-corrected chi connectivity index (χ1v) is 8.09. The van der Waals surface area contributed by atoms with Crippen LogP contribution < -0.4 is 5.43 Å². The van der Waals surface area contributed by atoms with Crippen molar-refractivity contribution in [3.63, 3.8) is 0 Å². The van der Waals surface area contributed by atoms with E-state index in [1.165, 1.54) is 17.4 Å². The number of rotatable bonds is 1. The van der Waals surface area contributed by atoms with Crippen LogP contribution in [0.15, 0.2) is 23.0 Å². The van der Waals surface area contributed by atoms with Gasteiger partial charge in [-0.25, -0.2) is 4.79 Å². The second-order valence-electron chi connectivity index (χ2n) is 7.68. The summed E-state index contributed by atoms with van der Waals surface area (Å²) in [5.74, 6) is -1.05. The molecule has 0 aliphatic carbocycles. The van der Waals surface area contributed by atoms with E-state index in [2.05, 4.69) is 47.6 Å². The third-order valence-electron chi connectivity index (χ3n) is 3.71. The standard InChI is InChI=1S/C18H22O3S/c1-17(2,3)10-7-11-13(19)9-14(16(20)21)22-15(11)12(8-10)18(4,5)6/h7-9H,1-6H3,(H,20,21). The summed E-state index contributed by atoms with van der Waals surface area (Å²) in [7, 11) is 0. The van der Waals surface area contributed by atoms with E-state index in [4.69, 9.17) is 0 Å². The van der Waals surface area contributed by atoms with Crippen molar-refractivity contribution in [1.29, 1.82) is 0 Å². The molecule has 22 heavy (non-hydrogen) atoms. The van der Waals surface area contributed by atoms with Crippen molar-refractivity contribution in [1.82, 2.24) is 0 Å². The molecule has 0 saturated heterocycles. The summed E-state index contributed by atoms with van der Waals surface area (Å²) in [5.41, 5.74) is 1.66. The molecule has 0 amide bonds. The van der Waals surface area contributed by atoms with Gasteiger partial charge in [0.2, 0.25) is 0 Å². The maximum absolute atomic E-state index is 12.4. The minimum atomic E-state index is -1.05. The van der Waals surface area contributed by atoms with E-state index in [1.807, 2.05) is 6.07 Å². The van der Waals surface area contributed by atoms with Crippen LogP contribution in [-0.2, 0) is 10.8 Å². The molecule has 0 radical (unpaired) electrons. The zero-order valence-corrected chi connectivity index (χ0v) is 14.7. The molecule has 1 heterocycles. The summed E-state index contributed by atoms with van der Waals surface area (Å²) in [5, 5.41) is 9.84. The SMILES string of the molecule is CC(C)(C)c1cc(C(C)(C)C)c2sc(C(=O)O)cc(=O)c2c1. The van der Waals surface area contributed by atoms with Gasteiger partial charge < -0.3 is 5.11 Å². The van der Waals surface area contributed by atoms with Gasteiger partial charge in [0, 0.05) is 16.2 Å². The lowest BCUT2D eigenvalue weighted by Crippen LogP contribution is -2.18. The first-order valence-electron chi connectivity index (χ1n) is 7.27. The Hall–Kier alpha value is -1.68. The first-order chi connectivity index (χ1) is 9.91.